The smallest absolute Gasteiger partial charge is 0.232 e. The summed E-state index contributed by atoms with van der Waals surface area (Å²) in [5.74, 6) is 0.572. The lowest BCUT2D eigenvalue weighted by Gasteiger charge is -2.22. The van der Waals surface area contributed by atoms with E-state index in [1.807, 2.05) is 18.2 Å². The second-order valence-corrected chi connectivity index (χ2v) is 7.45. The van der Waals surface area contributed by atoms with Crippen molar-refractivity contribution in [1.29, 1.82) is 0 Å². The maximum Gasteiger partial charge on any atom is 0.232 e. The third kappa shape index (κ3) is 5.79. The lowest BCUT2D eigenvalue weighted by molar-refractivity contribution is -0.120. The van der Waals surface area contributed by atoms with Crippen molar-refractivity contribution in [3.05, 3.63) is 60.2 Å². The number of anilines is 1. The van der Waals surface area contributed by atoms with Crippen LogP contribution >= 0.6 is 0 Å². The molecular formula is C18H22N2O4S. The van der Waals surface area contributed by atoms with Crippen LogP contribution in [0.25, 0.3) is 0 Å². The number of sulfonamides is 1. The van der Waals surface area contributed by atoms with Crippen LogP contribution in [0, 0.1) is 0 Å². The highest BCUT2D eigenvalue weighted by molar-refractivity contribution is 7.92. The first-order valence-electron chi connectivity index (χ1n) is 7.82. The number of amides is 1. The molecule has 6 nitrogen and oxygen atoms in total. The van der Waals surface area contributed by atoms with Crippen LogP contribution in [0.15, 0.2) is 54.6 Å². The Morgan fingerprint density at radius 1 is 1.08 bits per heavy atom. The Morgan fingerprint density at radius 3 is 2.28 bits per heavy atom. The minimum atomic E-state index is -3.41. The molecule has 0 unspecified atom stereocenters. The number of carbonyl (C=O) groups is 1. The summed E-state index contributed by atoms with van der Waals surface area (Å²) in [5.41, 5.74) is 1.44. The van der Waals surface area contributed by atoms with Crippen molar-refractivity contribution in [2.75, 3.05) is 30.8 Å². The second kappa shape index (κ2) is 8.53. The van der Waals surface area contributed by atoms with Gasteiger partial charge in [-0.25, -0.2) is 8.42 Å². The SMILES string of the molecule is COc1ccc(CC(=O)NCCN(c2ccccc2)S(C)(=O)=O)cc1. The number of ether oxygens (including phenoxy) is 1. The van der Waals surface area contributed by atoms with E-state index in [0.29, 0.717) is 5.69 Å². The van der Waals surface area contributed by atoms with Crippen molar-refractivity contribution in [1.82, 2.24) is 5.32 Å². The van der Waals surface area contributed by atoms with Gasteiger partial charge >= 0.3 is 0 Å². The van der Waals surface area contributed by atoms with Crippen molar-refractivity contribution in [2.24, 2.45) is 0 Å². The molecule has 1 amide bonds. The Labute approximate surface area is 148 Å². The summed E-state index contributed by atoms with van der Waals surface area (Å²) in [4.78, 5) is 12.0. The minimum absolute atomic E-state index is 0.160. The number of benzene rings is 2. The maximum atomic E-state index is 12.0. The summed E-state index contributed by atoms with van der Waals surface area (Å²) >= 11 is 0. The molecule has 0 bridgehead atoms. The van der Waals surface area contributed by atoms with Gasteiger partial charge in [0.1, 0.15) is 5.75 Å². The van der Waals surface area contributed by atoms with Gasteiger partial charge in [0, 0.05) is 6.54 Å². The first-order chi connectivity index (χ1) is 11.9. The fourth-order valence-corrected chi connectivity index (χ4v) is 3.30. The number of rotatable bonds is 8. The highest BCUT2D eigenvalue weighted by Gasteiger charge is 2.17. The van der Waals surface area contributed by atoms with E-state index in [1.54, 1.807) is 43.5 Å². The monoisotopic (exact) mass is 362 g/mol. The summed E-state index contributed by atoms with van der Waals surface area (Å²) in [6, 6.07) is 16.1. The molecular weight excluding hydrogens is 340 g/mol. The molecule has 134 valence electrons. The third-order valence-electron chi connectivity index (χ3n) is 3.61. The summed E-state index contributed by atoms with van der Waals surface area (Å²) in [6.45, 7) is 0.411. The molecule has 0 fully saturated rings. The molecule has 0 aliphatic rings. The second-order valence-electron chi connectivity index (χ2n) is 5.55. The fraction of sp³-hybridized carbons (Fsp3) is 0.278. The third-order valence-corrected chi connectivity index (χ3v) is 4.80. The van der Waals surface area contributed by atoms with Gasteiger partial charge < -0.3 is 10.1 Å². The summed E-state index contributed by atoms with van der Waals surface area (Å²) in [7, 11) is -1.83. The zero-order valence-corrected chi connectivity index (χ0v) is 15.1. The van der Waals surface area contributed by atoms with Gasteiger partial charge in [-0.3, -0.25) is 9.10 Å². The molecule has 1 N–H and O–H groups in total. The molecule has 0 heterocycles. The van der Waals surface area contributed by atoms with Crippen molar-refractivity contribution < 1.29 is 17.9 Å². The lowest BCUT2D eigenvalue weighted by atomic mass is 10.1. The van der Waals surface area contributed by atoms with Gasteiger partial charge in [0.25, 0.3) is 0 Å². The largest absolute Gasteiger partial charge is 0.497 e. The maximum absolute atomic E-state index is 12.0. The van der Waals surface area contributed by atoms with E-state index in [0.717, 1.165) is 17.6 Å². The van der Waals surface area contributed by atoms with E-state index < -0.39 is 10.0 Å². The van der Waals surface area contributed by atoms with E-state index in [9.17, 15) is 13.2 Å². The zero-order chi connectivity index (χ0) is 18.3. The molecule has 0 saturated carbocycles. The van der Waals surface area contributed by atoms with Gasteiger partial charge in [0.05, 0.1) is 32.0 Å². The molecule has 2 aromatic rings. The first-order valence-corrected chi connectivity index (χ1v) is 9.67. The Morgan fingerprint density at radius 2 is 1.72 bits per heavy atom. The van der Waals surface area contributed by atoms with Crippen molar-refractivity contribution in [3.63, 3.8) is 0 Å². The molecule has 2 aromatic carbocycles. The molecule has 25 heavy (non-hydrogen) atoms. The van der Waals surface area contributed by atoms with E-state index in [1.165, 1.54) is 4.31 Å². The lowest BCUT2D eigenvalue weighted by Crippen LogP contribution is -2.38. The molecule has 2 rings (SSSR count). The predicted molar refractivity (Wildman–Crippen MR) is 98.3 cm³/mol. The molecule has 0 aliphatic heterocycles. The number of hydrogen-bond donors (Lipinski definition) is 1. The Balaban J connectivity index is 1.89. The Kier molecular flexibility index (Phi) is 6.41. The van der Waals surface area contributed by atoms with Gasteiger partial charge in [-0.1, -0.05) is 30.3 Å². The normalized spacial score (nSPS) is 11.0. The summed E-state index contributed by atoms with van der Waals surface area (Å²) in [6.07, 6.45) is 1.38. The number of nitrogens with one attached hydrogen (secondary N) is 1. The standard InChI is InChI=1S/C18H22N2O4S/c1-24-17-10-8-15(9-11-17)14-18(21)19-12-13-20(25(2,22)23)16-6-4-3-5-7-16/h3-11H,12-14H2,1-2H3,(H,19,21). The average Bonchev–Trinajstić information content (AvgIpc) is 2.59. The molecule has 7 heteroatoms. The number of para-hydroxylation sites is 1. The zero-order valence-electron chi connectivity index (χ0n) is 14.3. The Bertz CT molecular complexity index is 790. The van der Waals surface area contributed by atoms with E-state index >= 15 is 0 Å². The van der Waals surface area contributed by atoms with Gasteiger partial charge in [-0.15, -0.1) is 0 Å². The first kappa shape index (κ1) is 18.8. The van der Waals surface area contributed by atoms with Gasteiger partial charge in [-0.05, 0) is 29.8 Å². The molecule has 0 atom stereocenters. The number of methoxy groups -OCH3 is 1. The molecule has 0 saturated heterocycles. The van der Waals surface area contributed by atoms with Crippen LogP contribution in [-0.4, -0.2) is 40.8 Å². The van der Waals surface area contributed by atoms with Crippen molar-refractivity contribution >= 4 is 21.6 Å². The fourth-order valence-electron chi connectivity index (χ4n) is 2.37. The minimum Gasteiger partial charge on any atom is -0.497 e. The van der Waals surface area contributed by atoms with Gasteiger partial charge in [-0.2, -0.15) is 0 Å². The van der Waals surface area contributed by atoms with Crippen LogP contribution in [0.3, 0.4) is 0 Å². The summed E-state index contributed by atoms with van der Waals surface area (Å²) < 4.78 is 30.3. The molecule has 0 aliphatic carbocycles. The highest BCUT2D eigenvalue weighted by atomic mass is 32.2. The quantitative estimate of drug-likeness (QED) is 0.777. The number of hydrogen-bond acceptors (Lipinski definition) is 4. The van der Waals surface area contributed by atoms with Gasteiger partial charge in [0.15, 0.2) is 0 Å². The molecule has 0 spiro atoms. The predicted octanol–water partition coefficient (Wildman–Crippen LogP) is 1.82. The van der Waals surface area contributed by atoms with Crippen LogP contribution < -0.4 is 14.4 Å². The Hall–Kier alpha value is -2.54. The number of nitrogens with zero attached hydrogens (tertiary/aromatic N) is 1. The number of carbonyl (C=O) groups excluding carboxylic acids is 1. The van der Waals surface area contributed by atoms with E-state index in [2.05, 4.69) is 5.32 Å². The van der Waals surface area contributed by atoms with Crippen LogP contribution in [-0.2, 0) is 21.2 Å². The topological polar surface area (TPSA) is 75.7 Å². The molecule has 0 aromatic heterocycles. The van der Waals surface area contributed by atoms with Crippen LogP contribution in [0.4, 0.5) is 5.69 Å². The highest BCUT2D eigenvalue weighted by Crippen LogP contribution is 2.16. The van der Waals surface area contributed by atoms with E-state index in [-0.39, 0.29) is 25.4 Å². The molecule has 0 radical (unpaired) electrons. The van der Waals surface area contributed by atoms with Crippen LogP contribution in [0.1, 0.15) is 5.56 Å². The van der Waals surface area contributed by atoms with Crippen LogP contribution in [0.5, 0.6) is 5.75 Å². The average molecular weight is 362 g/mol. The van der Waals surface area contributed by atoms with Crippen molar-refractivity contribution in [3.8, 4) is 5.75 Å². The summed E-state index contributed by atoms with van der Waals surface area (Å²) in [5, 5.41) is 2.76. The van der Waals surface area contributed by atoms with Crippen molar-refractivity contribution in [2.45, 2.75) is 6.42 Å². The van der Waals surface area contributed by atoms with E-state index in [4.69, 9.17) is 4.74 Å². The van der Waals surface area contributed by atoms with Gasteiger partial charge in [0.2, 0.25) is 15.9 Å². The van der Waals surface area contributed by atoms with Crippen LogP contribution in [0.2, 0.25) is 0 Å².